The highest BCUT2D eigenvalue weighted by molar-refractivity contribution is 6.27. The van der Waals surface area contributed by atoms with E-state index in [4.69, 9.17) is 14.2 Å². The van der Waals surface area contributed by atoms with Gasteiger partial charge in [0.15, 0.2) is 11.7 Å². The molecule has 1 unspecified atom stereocenters. The second-order valence-corrected chi connectivity index (χ2v) is 8.80. The van der Waals surface area contributed by atoms with Crippen molar-refractivity contribution in [3.8, 4) is 5.75 Å². The van der Waals surface area contributed by atoms with E-state index in [1.165, 1.54) is 0 Å². The number of esters is 1. The average Bonchev–Trinajstić information content (AvgIpc) is 3.35. The van der Waals surface area contributed by atoms with Crippen LogP contribution in [-0.2, 0) is 19.1 Å². The molecule has 0 radical (unpaired) electrons. The number of ketones is 1. The molecule has 1 fully saturated rings. The van der Waals surface area contributed by atoms with Crippen molar-refractivity contribution < 1.29 is 28.9 Å². The van der Waals surface area contributed by atoms with Crippen LogP contribution in [0.3, 0.4) is 0 Å². The molecule has 35 heavy (non-hydrogen) atoms. The summed E-state index contributed by atoms with van der Waals surface area (Å²) in [4.78, 5) is 37.6. The number of ether oxygens (including phenoxy) is 3. The van der Waals surface area contributed by atoms with Gasteiger partial charge in [-0.1, -0.05) is 0 Å². The zero-order chi connectivity index (χ0) is 25.2. The number of H-pyrrole nitrogens is 1. The number of aromatic amines is 1. The van der Waals surface area contributed by atoms with Gasteiger partial charge in [0.1, 0.15) is 18.0 Å². The Morgan fingerprint density at radius 1 is 1.34 bits per heavy atom. The number of carbonyl (C=O) groups excluding carboxylic acids is 2. The molecule has 3 aromatic rings. The highest BCUT2D eigenvalue weighted by Crippen LogP contribution is 2.31. The van der Waals surface area contributed by atoms with Crippen LogP contribution in [0.4, 0.5) is 5.69 Å². The third kappa shape index (κ3) is 5.41. The molecule has 1 atom stereocenters. The minimum atomic E-state index is -1.30. The predicted octanol–water partition coefficient (Wildman–Crippen LogP) is 3.87. The van der Waals surface area contributed by atoms with E-state index in [0.29, 0.717) is 22.6 Å². The van der Waals surface area contributed by atoms with Crippen molar-refractivity contribution in [2.45, 2.75) is 33.3 Å². The standard InChI is InChI=1S/C26H27N3O6/c1-5-33-25(31)21-22(30)20(12-16-13-28-23-18(16)7-6-10-27-23)35-24(21)29-19-9-8-17(11-15(19)2)34-14-26(3,4)32/h6-13,21,32H,5,14H2,1-4H3,(H,27,28)/b20-12-,29-24?. The van der Waals surface area contributed by atoms with Crippen LogP contribution in [0.5, 0.6) is 5.75 Å². The van der Waals surface area contributed by atoms with E-state index in [9.17, 15) is 14.7 Å². The Balaban J connectivity index is 1.67. The fraction of sp³-hybridized carbons (Fsp3) is 0.308. The Kier molecular flexibility index (Phi) is 6.70. The van der Waals surface area contributed by atoms with Crippen LogP contribution in [0.2, 0.25) is 0 Å². The van der Waals surface area contributed by atoms with Crippen molar-refractivity contribution in [1.82, 2.24) is 9.97 Å². The molecule has 1 saturated heterocycles. The summed E-state index contributed by atoms with van der Waals surface area (Å²) in [6.45, 7) is 7.04. The molecular formula is C26H27N3O6. The third-order valence-corrected chi connectivity index (χ3v) is 5.25. The lowest BCUT2D eigenvalue weighted by Gasteiger charge is -2.18. The van der Waals surface area contributed by atoms with Crippen LogP contribution in [0.15, 0.2) is 53.5 Å². The number of fused-ring (bicyclic) bond motifs is 1. The van der Waals surface area contributed by atoms with E-state index in [0.717, 1.165) is 10.9 Å². The summed E-state index contributed by atoms with van der Waals surface area (Å²) in [5, 5.41) is 10.7. The molecule has 0 amide bonds. The summed E-state index contributed by atoms with van der Waals surface area (Å²) in [6.07, 6.45) is 4.95. The molecule has 182 valence electrons. The molecule has 1 aliphatic heterocycles. The van der Waals surface area contributed by atoms with Gasteiger partial charge in [-0.25, -0.2) is 9.98 Å². The normalized spacial score (nSPS) is 18.3. The van der Waals surface area contributed by atoms with Gasteiger partial charge in [0.25, 0.3) is 0 Å². The number of aliphatic hydroxyl groups is 1. The van der Waals surface area contributed by atoms with Gasteiger partial charge in [-0.15, -0.1) is 0 Å². The van der Waals surface area contributed by atoms with Crippen molar-refractivity contribution in [2.75, 3.05) is 13.2 Å². The van der Waals surface area contributed by atoms with Gasteiger partial charge in [-0.2, -0.15) is 0 Å². The first kappa shape index (κ1) is 24.2. The summed E-state index contributed by atoms with van der Waals surface area (Å²) in [5.41, 5.74) is 1.65. The Hall–Kier alpha value is -3.98. The van der Waals surface area contributed by atoms with Crippen LogP contribution in [0.1, 0.15) is 31.9 Å². The number of aryl methyl sites for hydroxylation is 1. The number of allylic oxidation sites excluding steroid dienone is 1. The maximum Gasteiger partial charge on any atom is 0.326 e. The fourth-order valence-electron chi connectivity index (χ4n) is 3.56. The molecule has 0 spiro atoms. The number of benzene rings is 1. The number of aromatic nitrogens is 2. The molecule has 0 saturated carbocycles. The van der Waals surface area contributed by atoms with Crippen LogP contribution < -0.4 is 4.74 Å². The summed E-state index contributed by atoms with van der Waals surface area (Å²) in [6, 6.07) is 8.82. The first-order valence-corrected chi connectivity index (χ1v) is 11.2. The molecule has 9 nitrogen and oxygen atoms in total. The fourth-order valence-corrected chi connectivity index (χ4v) is 3.56. The number of hydrogen-bond donors (Lipinski definition) is 2. The third-order valence-electron chi connectivity index (χ3n) is 5.25. The summed E-state index contributed by atoms with van der Waals surface area (Å²) in [7, 11) is 0. The van der Waals surface area contributed by atoms with Crippen molar-refractivity contribution in [3.05, 3.63) is 59.6 Å². The van der Waals surface area contributed by atoms with E-state index in [2.05, 4.69) is 15.0 Å². The number of rotatable bonds is 7. The predicted molar refractivity (Wildman–Crippen MR) is 130 cm³/mol. The van der Waals surface area contributed by atoms with Crippen LogP contribution in [-0.4, -0.2) is 51.5 Å². The van der Waals surface area contributed by atoms with Crippen molar-refractivity contribution >= 4 is 40.4 Å². The maximum atomic E-state index is 13.2. The number of aliphatic imine (C=N–C) groups is 1. The largest absolute Gasteiger partial charge is 0.491 e. The van der Waals surface area contributed by atoms with E-state index >= 15 is 0 Å². The van der Waals surface area contributed by atoms with E-state index < -0.39 is 23.3 Å². The lowest BCUT2D eigenvalue weighted by Crippen LogP contribution is -2.28. The number of carbonyl (C=O) groups is 2. The quantitative estimate of drug-likeness (QED) is 0.301. The van der Waals surface area contributed by atoms with Gasteiger partial charge in [0.2, 0.25) is 11.7 Å². The zero-order valence-electron chi connectivity index (χ0n) is 20.0. The number of Topliss-reactive ketones (excluding diaryl/α,β-unsaturated/α-hetero) is 1. The van der Waals surface area contributed by atoms with Gasteiger partial charge >= 0.3 is 5.97 Å². The smallest absolute Gasteiger partial charge is 0.326 e. The lowest BCUT2D eigenvalue weighted by atomic mass is 10.0. The molecule has 9 heteroatoms. The molecule has 2 N–H and O–H groups in total. The van der Waals surface area contributed by atoms with Crippen molar-refractivity contribution in [1.29, 1.82) is 0 Å². The highest BCUT2D eigenvalue weighted by Gasteiger charge is 2.44. The summed E-state index contributed by atoms with van der Waals surface area (Å²) < 4.78 is 16.6. The summed E-state index contributed by atoms with van der Waals surface area (Å²) in [5.74, 6) is -2.03. The highest BCUT2D eigenvalue weighted by atomic mass is 16.5. The monoisotopic (exact) mass is 477 g/mol. The molecular weight excluding hydrogens is 450 g/mol. The molecule has 1 aliphatic rings. The van der Waals surface area contributed by atoms with Gasteiger partial charge < -0.3 is 24.3 Å². The first-order valence-electron chi connectivity index (χ1n) is 11.2. The van der Waals surface area contributed by atoms with Gasteiger partial charge in [0, 0.05) is 23.3 Å². The molecule has 4 rings (SSSR count). The van der Waals surface area contributed by atoms with Crippen LogP contribution in [0, 0.1) is 12.8 Å². The maximum absolute atomic E-state index is 13.2. The lowest BCUT2D eigenvalue weighted by molar-refractivity contribution is -0.147. The Morgan fingerprint density at radius 3 is 2.86 bits per heavy atom. The Morgan fingerprint density at radius 2 is 2.14 bits per heavy atom. The topological polar surface area (TPSA) is 123 Å². The van der Waals surface area contributed by atoms with Gasteiger partial charge in [-0.3, -0.25) is 9.59 Å². The molecule has 3 heterocycles. The zero-order valence-corrected chi connectivity index (χ0v) is 20.0. The van der Waals surface area contributed by atoms with Gasteiger partial charge in [-0.05, 0) is 69.7 Å². The molecule has 0 aliphatic carbocycles. The van der Waals surface area contributed by atoms with Crippen molar-refractivity contribution in [3.63, 3.8) is 0 Å². The number of nitrogens with one attached hydrogen (secondary N) is 1. The molecule has 2 aromatic heterocycles. The number of hydrogen-bond acceptors (Lipinski definition) is 8. The molecule has 1 aromatic carbocycles. The van der Waals surface area contributed by atoms with E-state index in [1.807, 2.05) is 13.0 Å². The second kappa shape index (κ2) is 9.71. The SMILES string of the molecule is CCOC(=O)C1C(=O)/C(=C/c2c[nH]c3ncccc23)OC1=Nc1ccc(OCC(C)(C)O)cc1C. The minimum absolute atomic E-state index is 0.00524. The Bertz CT molecular complexity index is 1330. The number of nitrogens with zero attached hydrogens (tertiary/aromatic N) is 2. The van der Waals surface area contributed by atoms with Crippen LogP contribution in [0.25, 0.3) is 17.1 Å². The van der Waals surface area contributed by atoms with Crippen molar-refractivity contribution in [2.24, 2.45) is 10.9 Å². The van der Waals surface area contributed by atoms with E-state index in [-0.39, 0.29) is 24.9 Å². The van der Waals surface area contributed by atoms with Crippen LogP contribution >= 0.6 is 0 Å². The van der Waals surface area contributed by atoms with E-state index in [1.54, 1.807) is 63.5 Å². The van der Waals surface area contributed by atoms with Gasteiger partial charge in [0.05, 0.1) is 17.9 Å². The second-order valence-electron chi connectivity index (χ2n) is 8.80. The number of pyridine rings is 1. The Labute approximate surface area is 202 Å². The summed E-state index contributed by atoms with van der Waals surface area (Å²) >= 11 is 0. The molecule has 0 bridgehead atoms. The average molecular weight is 478 g/mol. The first-order chi connectivity index (χ1) is 16.7. The minimum Gasteiger partial charge on any atom is -0.491 e.